The zero-order valence-electron chi connectivity index (χ0n) is 16.2. The van der Waals surface area contributed by atoms with Crippen molar-refractivity contribution in [1.82, 2.24) is 24.6 Å². The molecule has 0 atom stereocenters. The zero-order valence-corrected chi connectivity index (χ0v) is 16.2. The van der Waals surface area contributed by atoms with Gasteiger partial charge in [0.2, 0.25) is 0 Å². The lowest BCUT2D eigenvalue weighted by Gasteiger charge is -2.38. The maximum Gasteiger partial charge on any atom is 0.333 e. The molecule has 0 unspecified atom stereocenters. The van der Waals surface area contributed by atoms with Gasteiger partial charge in [0.1, 0.15) is 5.65 Å². The number of nitrogens with zero attached hydrogens (tertiary/aromatic N) is 4. The SMILES string of the molecule is FC(F)n1cc(-c2c[nH]c3ncc([C@H]4CC[C@H](N5CCOCC5)CC4)cc23)cn1. The van der Waals surface area contributed by atoms with Crippen LogP contribution in [0, 0.1) is 0 Å². The van der Waals surface area contributed by atoms with Crippen LogP contribution in [0.2, 0.25) is 0 Å². The van der Waals surface area contributed by atoms with Crippen molar-refractivity contribution in [1.29, 1.82) is 0 Å². The van der Waals surface area contributed by atoms with Crippen molar-refractivity contribution in [3.63, 3.8) is 0 Å². The van der Waals surface area contributed by atoms with Gasteiger partial charge in [-0.2, -0.15) is 13.9 Å². The van der Waals surface area contributed by atoms with Crippen molar-refractivity contribution < 1.29 is 13.5 Å². The van der Waals surface area contributed by atoms with Gasteiger partial charge >= 0.3 is 6.55 Å². The molecule has 5 rings (SSSR count). The Balaban J connectivity index is 1.34. The molecule has 1 saturated carbocycles. The van der Waals surface area contributed by atoms with Crippen molar-refractivity contribution in [2.45, 2.75) is 44.2 Å². The van der Waals surface area contributed by atoms with Crippen LogP contribution in [0.4, 0.5) is 8.78 Å². The first kappa shape index (κ1) is 18.7. The number of H-pyrrole nitrogens is 1. The number of pyridine rings is 1. The molecule has 2 aliphatic rings. The van der Waals surface area contributed by atoms with Crippen molar-refractivity contribution in [2.24, 2.45) is 0 Å². The summed E-state index contributed by atoms with van der Waals surface area (Å²) in [5, 5.41) is 4.73. The highest BCUT2D eigenvalue weighted by atomic mass is 19.3. The maximum atomic E-state index is 12.9. The van der Waals surface area contributed by atoms with E-state index in [1.807, 2.05) is 12.4 Å². The van der Waals surface area contributed by atoms with Crippen molar-refractivity contribution in [3.8, 4) is 11.1 Å². The summed E-state index contributed by atoms with van der Waals surface area (Å²) in [6.45, 7) is 1.14. The largest absolute Gasteiger partial charge is 0.379 e. The lowest BCUT2D eigenvalue weighted by atomic mass is 9.81. The molecule has 3 aromatic heterocycles. The number of nitrogens with one attached hydrogen (secondary N) is 1. The fraction of sp³-hybridized carbons (Fsp3) is 0.524. The van der Waals surface area contributed by atoms with Crippen LogP contribution in [0.5, 0.6) is 0 Å². The summed E-state index contributed by atoms with van der Waals surface area (Å²) in [5.74, 6) is 0.496. The molecular weight excluding hydrogens is 376 g/mol. The number of ether oxygens (including phenoxy) is 1. The van der Waals surface area contributed by atoms with Crippen LogP contribution in [0.25, 0.3) is 22.2 Å². The van der Waals surface area contributed by atoms with Gasteiger partial charge in [0, 0.05) is 54.2 Å². The van der Waals surface area contributed by atoms with E-state index in [1.165, 1.54) is 30.8 Å². The molecule has 0 amide bonds. The van der Waals surface area contributed by atoms with E-state index < -0.39 is 6.55 Å². The predicted molar refractivity (Wildman–Crippen MR) is 106 cm³/mol. The molecule has 8 heteroatoms. The van der Waals surface area contributed by atoms with Crippen LogP contribution in [0.3, 0.4) is 0 Å². The molecule has 1 aliphatic heterocycles. The lowest BCUT2D eigenvalue weighted by Crippen LogP contribution is -2.44. The lowest BCUT2D eigenvalue weighted by molar-refractivity contribution is 0.00729. The minimum atomic E-state index is -2.63. The molecule has 29 heavy (non-hydrogen) atoms. The van der Waals surface area contributed by atoms with E-state index in [0.717, 1.165) is 55.7 Å². The topological polar surface area (TPSA) is 59.0 Å². The van der Waals surface area contributed by atoms with Gasteiger partial charge in [-0.1, -0.05) is 0 Å². The monoisotopic (exact) mass is 401 g/mol. The zero-order chi connectivity index (χ0) is 19.8. The van der Waals surface area contributed by atoms with E-state index in [2.05, 4.69) is 26.0 Å². The average molecular weight is 401 g/mol. The first-order chi connectivity index (χ1) is 14.2. The van der Waals surface area contributed by atoms with Gasteiger partial charge in [-0.15, -0.1) is 0 Å². The fourth-order valence-electron chi connectivity index (χ4n) is 4.78. The Hall–Kier alpha value is -2.32. The summed E-state index contributed by atoms with van der Waals surface area (Å²) in [6, 6.07) is 2.84. The molecule has 0 aromatic carbocycles. The van der Waals surface area contributed by atoms with E-state index in [-0.39, 0.29) is 0 Å². The van der Waals surface area contributed by atoms with Crippen molar-refractivity contribution in [2.75, 3.05) is 26.3 Å². The second kappa shape index (κ2) is 7.84. The first-order valence-electron chi connectivity index (χ1n) is 10.3. The molecule has 2 fully saturated rings. The van der Waals surface area contributed by atoms with Gasteiger partial charge in [0.15, 0.2) is 0 Å². The number of halogens is 2. The highest BCUT2D eigenvalue weighted by Gasteiger charge is 2.28. The summed E-state index contributed by atoms with van der Waals surface area (Å²) < 4.78 is 31.9. The van der Waals surface area contributed by atoms with Crippen LogP contribution in [-0.4, -0.2) is 57.0 Å². The summed E-state index contributed by atoms with van der Waals surface area (Å²) in [6.07, 6.45) is 11.3. The summed E-state index contributed by atoms with van der Waals surface area (Å²) in [5.41, 5.74) is 3.55. The minimum Gasteiger partial charge on any atom is -0.379 e. The Kier molecular flexibility index (Phi) is 5.05. The van der Waals surface area contributed by atoms with Crippen LogP contribution in [0.1, 0.15) is 43.7 Å². The van der Waals surface area contributed by atoms with E-state index >= 15 is 0 Å². The molecule has 0 bridgehead atoms. The average Bonchev–Trinajstić information content (AvgIpc) is 3.41. The summed E-state index contributed by atoms with van der Waals surface area (Å²) in [4.78, 5) is 10.3. The molecule has 0 spiro atoms. The van der Waals surface area contributed by atoms with E-state index in [4.69, 9.17) is 4.74 Å². The van der Waals surface area contributed by atoms with E-state index in [1.54, 1.807) is 0 Å². The molecule has 4 heterocycles. The van der Waals surface area contributed by atoms with E-state index in [9.17, 15) is 8.78 Å². The molecule has 0 radical (unpaired) electrons. The van der Waals surface area contributed by atoms with Crippen molar-refractivity contribution >= 4 is 11.0 Å². The normalized spacial score (nSPS) is 23.8. The number of aromatic nitrogens is 4. The number of aromatic amines is 1. The van der Waals surface area contributed by atoms with Crippen LogP contribution in [0.15, 0.2) is 30.9 Å². The highest BCUT2D eigenvalue weighted by molar-refractivity contribution is 5.93. The quantitative estimate of drug-likeness (QED) is 0.713. The van der Waals surface area contributed by atoms with Crippen LogP contribution >= 0.6 is 0 Å². The summed E-state index contributed by atoms with van der Waals surface area (Å²) >= 11 is 0. The number of rotatable bonds is 4. The Labute approximate surface area is 167 Å². The first-order valence-corrected chi connectivity index (χ1v) is 10.3. The highest BCUT2D eigenvalue weighted by Crippen LogP contribution is 2.37. The molecule has 154 valence electrons. The smallest absolute Gasteiger partial charge is 0.333 e. The fourth-order valence-corrected chi connectivity index (χ4v) is 4.78. The van der Waals surface area contributed by atoms with Crippen LogP contribution < -0.4 is 0 Å². The Bertz CT molecular complexity index is 971. The number of hydrogen-bond donors (Lipinski definition) is 1. The Morgan fingerprint density at radius 1 is 1.10 bits per heavy atom. The number of fused-ring (bicyclic) bond motifs is 1. The third-order valence-corrected chi connectivity index (χ3v) is 6.39. The third-order valence-electron chi connectivity index (χ3n) is 6.39. The van der Waals surface area contributed by atoms with Gasteiger partial charge in [-0.25, -0.2) is 9.67 Å². The predicted octanol–water partition coefficient (Wildman–Crippen LogP) is 4.18. The standard InChI is InChI=1S/C21H25F2N5O/c22-21(23)28-13-16(11-26-28)19-12-25-20-18(19)9-15(10-24-20)14-1-3-17(4-2-14)27-5-7-29-8-6-27/h9-14,17,21H,1-8H2,(H,24,25)/t14-,17-. The Morgan fingerprint density at radius 2 is 1.90 bits per heavy atom. The van der Waals surface area contributed by atoms with Gasteiger partial charge in [0.05, 0.1) is 19.4 Å². The molecule has 3 aromatic rings. The van der Waals surface area contributed by atoms with Gasteiger partial charge < -0.3 is 9.72 Å². The summed E-state index contributed by atoms with van der Waals surface area (Å²) in [7, 11) is 0. The second-order valence-corrected chi connectivity index (χ2v) is 8.01. The molecule has 1 aliphatic carbocycles. The maximum absolute atomic E-state index is 12.9. The second-order valence-electron chi connectivity index (χ2n) is 8.01. The van der Waals surface area contributed by atoms with Gasteiger partial charge in [-0.05, 0) is 43.2 Å². The van der Waals surface area contributed by atoms with Crippen LogP contribution in [-0.2, 0) is 4.74 Å². The molecular formula is C21H25F2N5O. The number of hydrogen-bond acceptors (Lipinski definition) is 4. The molecule has 6 nitrogen and oxygen atoms in total. The molecule has 1 N–H and O–H groups in total. The Morgan fingerprint density at radius 3 is 2.62 bits per heavy atom. The number of morpholine rings is 1. The number of alkyl halides is 2. The molecule has 1 saturated heterocycles. The third kappa shape index (κ3) is 3.67. The van der Waals surface area contributed by atoms with Crippen molar-refractivity contribution in [3.05, 3.63) is 36.4 Å². The van der Waals surface area contributed by atoms with E-state index in [0.29, 0.717) is 22.2 Å². The van der Waals surface area contributed by atoms with Gasteiger partial charge in [-0.3, -0.25) is 4.90 Å². The minimum absolute atomic E-state index is 0.496. The van der Waals surface area contributed by atoms with Gasteiger partial charge in [0.25, 0.3) is 0 Å².